The van der Waals surface area contributed by atoms with Crippen LogP contribution in [-0.4, -0.2) is 42.0 Å². The second kappa shape index (κ2) is 6.85. The van der Waals surface area contributed by atoms with E-state index in [9.17, 15) is 14.9 Å². The van der Waals surface area contributed by atoms with E-state index in [1.165, 1.54) is 18.2 Å². The highest BCUT2D eigenvalue weighted by Gasteiger charge is 2.25. The van der Waals surface area contributed by atoms with Crippen molar-refractivity contribution in [1.29, 1.82) is 0 Å². The van der Waals surface area contributed by atoms with Crippen molar-refractivity contribution in [2.45, 2.75) is 19.9 Å². The maximum Gasteiger partial charge on any atom is 0.292 e. The molecule has 1 aromatic rings. The number of likely N-dealkylation sites (N-methyl/N-ethyl adjacent to an activating group) is 1. The average molecular weight is 281 g/mol. The van der Waals surface area contributed by atoms with Crippen molar-refractivity contribution >= 4 is 17.3 Å². The average Bonchev–Trinajstić information content (AvgIpc) is 2.39. The number of nitrogen functional groups attached to an aromatic ring is 1. The quantitative estimate of drug-likeness (QED) is 0.486. The summed E-state index contributed by atoms with van der Waals surface area (Å²) in [6, 6.07) is 4.08. The van der Waals surface area contributed by atoms with Gasteiger partial charge in [0.2, 0.25) is 0 Å². The van der Waals surface area contributed by atoms with Gasteiger partial charge >= 0.3 is 0 Å². The van der Waals surface area contributed by atoms with Crippen molar-refractivity contribution in [2.75, 3.05) is 26.0 Å². The molecule has 1 amide bonds. The molecule has 20 heavy (non-hydrogen) atoms. The third kappa shape index (κ3) is 3.24. The molecule has 0 aliphatic carbocycles. The van der Waals surface area contributed by atoms with Crippen LogP contribution in [0.4, 0.5) is 11.4 Å². The van der Waals surface area contributed by atoms with E-state index in [1.54, 1.807) is 12.0 Å². The Hall–Kier alpha value is -2.15. The fourth-order valence-electron chi connectivity index (χ4n) is 2.04. The number of nitrogens with two attached hydrogens (primary N) is 1. The SMILES string of the molecule is CCN(C(=O)c1cccc([N+](=O)[O-])c1N)C(C)COC. The van der Waals surface area contributed by atoms with Gasteiger partial charge in [-0.05, 0) is 19.9 Å². The molecule has 1 unspecified atom stereocenters. The lowest BCUT2D eigenvalue weighted by molar-refractivity contribution is -0.383. The van der Waals surface area contributed by atoms with E-state index in [0.29, 0.717) is 13.2 Å². The number of carbonyl (C=O) groups excluding carboxylic acids is 1. The largest absolute Gasteiger partial charge is 0.393 e. The third-order valence-corrected chi connectivity index (χ3v) is 3.05. The predicted octanol–water partition coefficient (Wildman–Crippen LogP) is 1.67. The van der Waals surface area contributed by atoms with Crippen molar-refractivity contribution in [3.05, 3.63) is 33.9 Å². The standard InChI is InChI=1S/C13H19N3O4/c1-4-15(9(2)8-20-3)13(17)10-6-5-7-11(12(10)14)16(18)19/h5-7,9H,4,8,14H2,1-3H3. The Morgan fingerprint density at radius 3 is 2.70 bits per heavy atom. The molecule has 1 atom stereocenters. The Bertz CT molecular complexity index is 504. The van der Waals surface area contributed by atoms with Crippen LogP contribution < -0.4 is 5.73 Å². The van der Waals surface area contributed by atoms with Crippen LogP contribution >= 0.6 is 0 Å². The number of benzene rings is 1. The van der Waals surface area contributed by atoms with Gasteiger partial charge in [0.05, 0.1) is 23.1 Å². The van der Waals surface area contributed by atoms with Gasteiger partial charge in [0, 0.05) is 19.7 Å². The van der Waals surface area contributed by atoms with Gasteiger partial charge in [-0.3, -0.25) is 14.9 Å². The zero-order chi connectivity index (χ0) is 15.3. The van der Waals surface area contributed by atoms with Crippen LogP contribution in [0.25, 0.3) is 0 Å². The summed E-state index contributed by atoms with van der Waals surface area (Å²) in [4.78, 5) is 24.3. The summed E-state index contributed by atoms with van der Waals surface area (Å²) in [5.74, 6) is -0.335. The molecule has 0 heterocycles. The minimum absolute atomic E-state index is 0.106. The number of nitro groups is 1. The molecule has 0 aliphatic heterocycles. The van der Waals surface area contributed by atoms with Crippen molar-refractivity contribution in [2.24, 2.45) is 0 Å². The number of para-hydroxylation sites is 1. The number of ether oxygens (including phenoxy) is 1. The molecule has 0 aliphatic rings. The summed E-state index contributed by atoms with van der Waals surface area (Å²) in [5.41, 5.74) is 5.51. The number of amides is 1. The summed E-state index contributed by atoms with van der Waals surface area (Å²) < 4.78 is 5.03. The molecule has 0 saturated carbocycles. The lowest BCUT2D eigenvalue weighted by atomic mass is 10.1. The van der Waals surface area contributed by atoms with Crippen molar-refractivity contribution in [3.63, 3.8) is 0 Å². The molecule has 0 spiro atoms. The zero-order valence-electron chi connectivity index (χ0n) is 11.8. The fraction of sp³-hybridized carbons (Fsp3) is 0.462. The van der Waals surface area contributed by atoms with Crippen molar-refractivity contribution in [1.82, 2.24) is 4.90 Å². The Kier molecular flexibility index (Phi) is 5.45. The molecule has 0 fully saturated rings. The van der Waals surface area contributed by atoms with Crippen LogP contribution in [0, 0.1) is 10.1 Å². The first-order valence-corrected chi connectivity index (χ1v) is 6.26. The molecular weight excluding hydrogens is 262 g/mol. The highest BCUT2D eigenvalue weighted by Crippen LogP contribution is 2.26. The minimum Gasteiger partial charge on any atom is -0.393 e. The van der Waals surface area contributed by atoms with E-state index in [0.717, 1.165) is 0 Å². The normalized spacial score (nSPS) is 11.9. The van der Waals surface area contributed by atoms with E-state index in [2.05, 4.69) is 0 Å². The summed E-state index contributed by atoms with van der Waals surface area (Å²) >= 11 is 0. The van der Waals surface area contributed by atoms with Gasteiger partial charge in [-0.1, -0.05) is 6.07 Å². The van der Waals surface area contributed by atoms with Crippen LogP contribution in [-0.2, 0) is 4.74 Å². The number of rotatable bonds is 6. The predicted molar refractivity (Wildman–Crippen MR) is 75.6 cm³/mol. The second-order valence-corrected chi connectivity index (χ2v) is 4.39. The van der Waals surface area contributed by atoms with Crippen LogP contribution in [0.15, 0.2) is 18.2 Å². The summed E-state index contributed by atoms with van der Waals surface area (Å²) in [6.45, 7) is 4.52. The number of methoxy groups -OCH3 is 1. The van der Waals surface area contributed by atoms with Crippen LogP contribution in [0.1, 0.15) is 24.2 Å². The smallest absolute Gasteiger partial charge is 0.292 e. The van der Waals surface area contributed by atoms with E-state index in [4.69, 9.17) is 10.5 Å². The fourth-order valence-corrected chi connectivity index (χ4v) is 2.04. The second-order valence-electron chi connectivity index (χ2n) is 4.39. The van der Waals surface area contributed by atoms with Crippen molar-refractivity contribution in [3.8, 4) is 0 Å². The lowest BCUT2D eigenvalue weighted by Gasteiger charge is -2.28. The van der Waals surface area contributed by atoms with Gasteiger partial charge < -0.3 is 15.4 Å². The Morgan fingerprint density at radius 1 is 1.55 bits per heavy atom. The van der Waals surface area contributed by atoms with Crippen LogP contribution in [0.5, 0.6) is 0 Å². The molecular formula is C13H19N3O4. The number of nitrogens with zero attached hydrogens (tertiary/aromatic N) is 2. The Balaban J connectivity index is 3.13. The van der Waals surface area contributed by atoms with E-state index >= 15 is 0 Å². The van der Waals surface area contributed by atoms with E-state index < -0.39 is 4.92 Å². The summed E-state index contributed by atoms with van der Waals surface area (Å²) in [5, 5.41) is 10.9. The molecule has 1 rings (SSSR count). The Morgan fingerprint density at radius 2 is 2.20 bits per heavy atom. The molecule has 1 aromatic carbocycles. The highest BCUT2D eigenvalue weighted by molar-refractivity contribution is 6.01. The minimum atomic E-state index is -0.596. The lowest BCUT2D eigenvalue weighted by Crippen LogP contribution is -2.41. The topological polar surface area (TPSA) is 98.7 Å². The first kappa shape index (κ1) is 15.9. The molecule has 110 valence electrons. The number of anilines is 1. The van der Waals surface area contributed by atoms with Crippen LogP contribution in [0.2, 0.25) is 0 Å². The highest BCUT2D eigenvalue weighted by atomic mass is 16.6. The molecule has 0 saturated heterocycles. The maximum atomic E-state index is 12.5. The number of nitro benzene ring substituents is 1. The summed E-state index contributed by atoms with van der Waals surface area (Å²) in [6.07, 6.45) is 0. The molecule has 0 aromatic heterocycles. The molecule has 2 N–H and O–H groups in total. The molecule has 7 heteroatoms. The first-order valence-electron chi connectivity index (χ1n) is 6.26. The molecule has 0 bridgehead atoms. The number of hydrogen-bond donors (Lipinski definition) is 1. The number of carbonyl (C=O) groups is 1. The molecule has 7 nitrogen and oxygen atoms in total. The van der Waals surface area contributed by atoms with E-state index in [-0.39, 0.29) is 28.9 Å². The van der Waals surface area contributed by atoms with Gasteiger partial charge in [0.15, 0.2) is 0 Å². The first-order chi connectivity index (χ1) is 9.43. The monoisotopic (exact) mass is 281 g/mol. The number of hydrogen-bond acceptors (Lipinski definition) is 5. The van der Waals surface area contributed by atoms with Crippen molar-refractivity contribution < 1.29 is 14.5 Å². The Labute approximate surface area is 117 Å². The van der Waals surface area contributed by atoms with Crippen LogP contribution in [0.3, 0.4) is 0 Å². The van der Waals surface area contributed by atoms with Gasteiger partial charge in [-0.2, -0.15) is 0 Å². The van der Waals surface area contributed by atoms with Gasteiger partial charge in [0.1, 0.15) is 5.69 Å². The van der Waals surface area contributed by atoms with E-state index in [1.807, 2.05) is 13.8 Å². The van der Waals surface area contributed by atoms with Gasteiger partial charge in [-0.25, -0.2) is 0 Å². The zero-order valence-corrected chi connectivity index (χ0v) is 11.8. The molecule has 0 radical (unpaired) electrons. The third-order valence-electron chi connectivity index (χ3n) is 3.05. The maximum absolute atomic E-state index is 12.5. The van der Waals surface area contributed by atoms with Gasteiger partial charge in [-0.15, -0.1) is 0 Å². The summed E-state index contributed by atoms with van der Waals surface area (Å²) in [7, 11) is 1.55. The van der Waals surface area contributed by atoms with Gasteiger partial charge in [0.25, 0.3) is 11.6 Å².